The monoisotopic (exact) mass is 355 g/mol. The van der Waals surface area contributed by atoms with E-state index in [0.717, 1.165) is 29.7 Å². The van der Waals surface area contributed by atoms with E-state index in [-0.39, 0.29) is 12.3 Å². The molecule has 0 radical (unpaired) electrons. The number of imidazole rings is 1. The molecule has 0 unspecified atom stereocenters. The van der Waals surface area contributed by atoms with Gasteiger partial charge in [-0.1, -0.05) is 19.1 Å². The molecule has 3 rings (SSSR count). The molecule has 136 valence electrons. The first kappa shape index (κ1) is 17.9. The minimum absolute atomic E-state index is 0.00647. The third-order valence-corrected chi connectivity index (χ3v) is 4.09. The van der Waals surface area contributed by atoms with E-state index in [1.165, 1.54) is 24.3 Å². The van der Waals surface area contributed by atoms with Gasteiger partial charge in [-0.25, -0.2) is 4.98 Å². The second-order valence-corrected chi connectivity index (χ2v) is 6.09. The number of ether oxygens (including phenoxy) is 1. The van der Waals surface area contributed by atoms with Gasteiger partial charge in [0.15, 0.2) is 0 Å². The number of aliphatic hydroxyl groups is 1. The van der Waals surface area contributed by atoms with Crippen molar-refractivity contribution >= 4 is 16.7 Å². The Labute approximate surface area is 151 Å². The number of nitro groups is 1. The summed E-state index contributed by atoms with van der Waals surface area (Å²) in [7, 11) is 0. The summed E-state index contributed by atoms with van der Waals surface area (Å²) >= 11 is 0. The molecular formula is C19H21N3O4. The Bertz CT molecular complexity index is 889. The van der Waals surface area contributed by atoms with Gasteiger partial charge in [-0.3, -0.25) is 10.1 Å². The first-order valence-electron chi connectivity index (χ1n) is 8.58. The number of hydrogen-bond donors (Lipinski definition) is 1. The Morgan fingerprint density at radius 1 is 1.23 bits per heavy atom. The molecular weight excluding hydrogens is 334 g/mol. The fourth-order valence-electron chi connectivity index (χ4n) is 2.86. The second kappa shape index (κ2) is 7.97. The van der Waals surface area contributed by atoms with Crippen molar-refractivity contribution in [2.45, 2.75) is 32.4 Å². The summed E-state index contributed by atoms with van der Waals surface area (Å²) in [5, 5.41) is 21.1. The highest BCUT2D eigenvalue weighted by Crippen LogP contribution is 2.19. The van der Waals surface area contributed by atoms with Gasteiger partial charge in [-0.2, -0.15) is 0 Å². The Morgan fingerprint density at radius 3 is 2.65 bits per heavy atom. The molecule has 3 aromatic rings. The van der Waals surface area contributed by atoms with Crippen molar-refractivity contribution in [3.8, 4) is 5.75 Å². The number of nitrogens with zero attached hydrogens (tertiary/aromatic N) is 3. The van der Waals surface area contributed by atoms with Gasteiger partial charge in [0.1, 0.15) is 24.3 Å². The largest absolute Gasteiger partial charge is 0.491 e. The Morgan fingerprint density at radius 2 is 1.96 bits per heavy atom. The Balaban J connectivity index is 1.68. The molecule has 7 heteroatoms. The summed E-state index contributed by atoms with van der Waals surface area (Å²) in [6, 6.07) is 13.7. The number of aromatic nitrogens is 2. The van der Waals surface area contributed by atoms with Crippen LogP contribution in [0.5, 0.6) is 5.75 Å². The van der Waals surface area contributed by atoms with Crippen molar-refractivity contribution in [1.29, 1.82) is 0 Å². The molecule has 0 aliphatic rings. The van der Waals surface area contributed by atoms with Crippen LogP contribution in [0.15, 0.2) is 48.5 Å². The first-order valence-corrected chi connectivity index (χ1v) is 8.58. The molecule has 0 saturated heterocycles. The molecule has 0 saturated carbocycles. The van der Waals surface area contributed by atoms with Crippen LogP contribution < -0.4 is 4.74 Å². The van der Waals surface area contributed by atoms with Crippen LogP contribution in [-0.4, -0.2) is 32.3 Å². The number of aryl methyl sites for hydroxylation is 1. The summed E-state index contributed by atoms with van der Waals surface area (Å²) in [6.07, 6.45) is 1.09. The zero-order chi connectivity index (χ0) is 18.5. The van der Waals surface area contributed by atoms with E-state index in [9.17, 15) is 15.2 Å². The lowest BCUT2D eigenvalue weighted by Gasteiger charge is -2.15. The number of benzene rings is 2. The smallest absolute Gasteiger partial charge is 0.269 e. The lowest BCUT2D eigenvalue weighted by molar-refractivity contribution is -0.384. The molecule has 0 aliphatic heterocycles. The van der Waals surface area contributed by atoms with E-state index in [4.69, 9.17) is 4.74 Å². The molecule has 2 aromatic carbocycles. The number of para-hydroxylation sites is 2. The standard InChI is InChI=1S/C19H21N3O4/c1-2-5-19-20-17-6-3-4-7-18(17)21(19)12-15(23)13-26-16-10-8-14(9-11-16)22(24)25/h3-4,6-11,15,23H,2,5,12-13H2,1H3/t15-/m1/s1. The van der Waals surface area contributed by atoms with E-state index in [1.54, 1.807) is 0 Å². The zero-order valence-electron chi connectivity index (χ0n) is 14.5. The van der Waals surface area contributed by atoms with E-state index < -0.39 is 11.0 Å². The van der Waals surface area contributed by atoms with Crippen LogP contribution in [0.25, 0.3) is 11.0 Å². The van der Waals surface area contributed by atoms with E-state index in [1.807, 2.05) is 28.8 Å². The predicted octanol–water partition coefficient (Wildman–Crippen LogP) is 3.34. The summed E-state index contributed by atoms with van der Waals surface area (Å²) in [4.78, 5) is 14.9. The van der Waals surface area contributed by atoms with Crippen molar-refractivity contribution in [2.75, 3.05) is 6.61 Å². The molecule has 0 amide bonds. The van der Waals surface area contributed by atoms with Crippen molar-refractivity contribution in [3.63, 3.8) is 0 Å². The second-order valence-electron chi connectivity index (χ2n) is 6.09. The molecule has 1 heterocycles. The summed E-state index contributed by atoms with van der Waals surface area (Å²) in [5.41, 5.74) is 1.91. The fourth-order valence-corrected chi connectivity index (χ4v) is 2.86. The summed E-state index contributed by atoms with van der Waals surface area (Å²) in [6.45, 7) is 2.57. The van der Waals surface area contributed by atoms with E-state index >= 15 is 0 Å². The number of rotatable bonds is 8. The SMILES string of the molecule is CCCc1nc2ccccc2n1C[C@@H](O)COc1ccc([N+](=O)[O-])cc1. The van der Waals surface area contributed by atoms with Gasteiger partial charge in [-0.15, -0.1) is 0 Å². The highest BCUT2D eigenvalue weighted by molar-refractivity contribution is 5.75. The van der Waals surface area contributed by atoms with Crippen LogP contribution in [-0.2, 0) is 13.0 Å². The van der Waals surface area contributed by atoms with Gasteiger partial charge < -0.3 is 14.4 Å². The normalized spacial score (nSPS) is 12.2. The third kappa shape index (κ3) is 4.00. The van der Waals surface area contributed by atoms with Gasteiger partial charge >= 0.3 is 0 Å². The average Bonchev–Trinajstić information content (AvgIpc) is 2.98. The van der Waals surface area contributed by atoms with Gasteiger partial charge in [0.25, 0.3) is 5.69 Å². The predicted molar refractivity (Wildman–Crippen MR) is 98.3 cm³/mol. The van der Waals surface area contributed by atoms with Crippen molar-refractivity contribution in [2.24, 2.45) is 0 Å². The molecule has 0 spiro atoms. The maximum atomic E-state index is 10.7. The van der Waals surface area contributed by atoms with Crippen molar-refractivity contribution in [1.82, 2.24) is 9.55 Å². The quantitative estimate of drug-likeness (QED) is 0.494. The van der Waals surface area contributed by atoms with Gasteiger partial charge in [-0.05, 0) is 30.7 Å². The average molecular weight is 355 g/mol. The molecule has 0 aliphatic carbocycles. The van der Waals surface area contributed by atoms with Crippen LogP contribution in [0, 0.1) is 10.1 Å². The topological polar surface area (TPSA) is 90.4 Å². The maximum Gasteiger partial charge on any atom is 0.269 e. The van der Waals surface area contributed by atoms with Crippen molar-refractivity contribution in [3.05, 3.63) is 64.5 Å². The maximum absolute atomic E-state index is 10.7. The van der Waals surface area contributed by atoms with E-state index in [0.29, 0.717) is 12.3 Å². The Kier molecular flexibility index (Phi) is 5.48. The molecule has 1 N–H and O–H groups in total. The van der Waals surface area contributed by atoms with Crippen LogP contribution in [0.4, 0.5) is 5.69 Å². The molecule has 26 heavy (non-hydrogen) atoms. The lowest BCUT2D eigenvalue weighted by atomic mass is 10.3. The Hall–Kier alpha value is -2.93. The molecule has 0 fully saturated rings. The van der Waals surface area contributed by atoms with Crippen LogP contribution in [0.2, 0.25) is 0 Å². The number of hydrogen-bond acceptors (Lipinski definition) is 5. The van der Waals surface area contributed by atoms with Gasteiger partial charge in [0.05, 0.1) is 22.5 Å². The van der Waals surface area contributed by atoms with Crippen LogP contribution >= 0.6 is 0 Å². The van der Waals surface area contributed by atoms with Crippen molar-refractivity contribution < 1.29 is 14.8 Å². The highest BCUT2D eigenvalue weighted by Gasteiger charge is 2.14. The molecule has 1 aromatic heterocycles. The zero-order valence-corrected chi connectivity index (χ0v) is 14.5. The molecule has 0 bridgehead atoms. The van der Waals surface area contributed by atoms with Gasteiger partial charge in [0, 0.05) is 18.6 Å². The van der Waals surface area contributed by atoms with E-state index in [2.05, 4.69) is 11.9 Å². The minimum Gasteiger partial charge on any atom is -0.491 e. The minimum atomic E-state index is -0.724. The summed E-state index contributed by atoms with van der Waals surface area (Å²) in [5.74, 6) is 1.43. The van der Waals surface area contributed by atoms with Crippen LogP contribution in [0.3, 0.4) is 0 Å². The number of non-ortho nitro benzene ring substituents is 1. The highest BCUT2D eigenvalue weighted by atomic mass is 16.6. The lowest BCUT2D eigenvalue weighted by Crippen LogP contribution is -2.24. The third-order valence-electron chi connectivity index (χ3n) is 4.09. The van der Waals surface area contributed by atoms with Gasteiger partial charge in [0.2, 0.25) is 0 Å². The number of nitro benzene ring substituents is 1. The molecule has 7 nitrogen and oxygen atoms in total. The first-order chi connectivity index (χ1) is 12.6. The number of aliphatic hydroxyl groups excluding tert-OH is 1. The fraction of sp³-hybridized carbons (Fsp3) is 0.316. The molecule has 1 atom stereocenters. The number of fused-ring (bicyclic) bond motifs is 1. The van der Waals surface area contributed by atoms with Crippen LogP contribution in [0.1, 0.15) is 19.2 Å². The summed E-state index contributed by atoms with van der Waals surface area (Å²) < 4.78 is 7.59.